The number of hydrogen-bond acceptors (Lipinski definition) is 3. The monoisotopic (exact) mass is 245 g/mol. The van der Waals surface area contributed by atoms with Crippen LogP contribution in [0.4, 0.5) is 5.82 Å². The molecule has 0 saturated heterocycles. The maximum absolute atomic E-state index is 11.8. The molecule has 6 heteroatoms. The van der Waals surface area contributed by atoms with Gasteiger partial charge in [0.05, 0.1) is 0 Å². The molecule has 0 unspecified atom stereocenters. The van der Waals surface area contributed by atoms with Crippen molar-refractivity contribution in [2.75, 3.05) is 5.32 Å². The highest BCUT2D eigenvalue weighted by Gasteiger charge is 2.13. The van der Waals surface area contributed by atoms with Gasteiger partial charge in [-0.3, -0.25) is 9.48 Å². The Labute approximate surface area is 103 Å². The Morgan fingerprint density at radius 3 is 2.50 bits per heavy atom. The lowest BCUT2D eigenvalue weighted by Gasteiger charge is -2.04. The van der Waals surface area contributed by atoms with Crippen LogP contribution < -0.4 is 5.32 Å². The lowest BCUT2D eigenvalue weighted by molar-refractivity contribution is 0.0689. The summed E-state index contributed by atoms with van der Waals surface area (Å²) in [6.45, 7) is 0. The summed E-state index contributed by atoms with van der Waals surface area (Å²) in [6.07, 6.45) is 0. The first-order valence-electron chi connectivity index (χ1n) is 5.21. The standard InChI is InChI=1S/C12H11N3O3/c1-15-10(7-9(14-15)12(17)18)13-11(16)8-5-3-2-4-6-8/h2-7H,1H3,(H,13,16)(H,17,18). The van der Waals surface area contributed by atoms with Crippen LogP contribution in [-0.4, -0.2) is 26.8 Å². The number of carbonyl (C=O) groups is 2. The van der Waals surface area contributed by atoms with Gasteiger partial charge in [0.15, 0.2) is 5.69 Å². The molecule has 92 valence electrons. The van der Waals surface area contributed by atoms with Crippen molar-refractivity contribution in [1.82, 2.24) is 9.78 Å². The normalized spacial score (nSPS) is 10.1. The van der Waals surface area contributed by atoms with Gasteiger partial charge in [0.25, 0.3) is 5.91 Å². The second kappa shape index (κ2) is 4.70. The fourth-order valence-electron chi connectivity index (χ4n) is 1.47. The molecule has 1 amide bonds. The van der Waals surface area contributed by atoms with Crippen molar-refractivity contribution in [1.29, 1.82) is 0 Å². The van der Waals surface area contributed by atoms with Crippen molar-refractivity contribution in [2.24, 2.45) is 7.05 Å². The molecule has 0 radical (unpaired) electrons. The summed E-state index contributed by atoms with van der Waals surface area (Å²) >= 11 is 0. The van der Waals surface area contributed by atoms with E-state index in [1.54, 1.807) is 31.3 Å². The van der Waals surface area contributed by atoms with Crippen LogP contribution in [-0.2, 0) is 7.05 Å². The van der Waals surface area contributed by atoms with Crippen molar-refractivity contribution >= 4 is 17.7 Å². The first-order valence-corrected chi connectivity index (χ1v) is 5.21. The Kier molecular flexibility index (Phi) is 3.09. The van der Waals surface area contributed by atoms with Gasteiger partial charge < -0.3 is 10.4 Å². The van der Waals surface area contributed by atoms with E-state index in [9.17, 15) is 9.59 Å². The predicted octanol–water partition coefficient (Wildman–Crippen LogP) is 1.37. The number of anilines is 1. The summed E-state index contributed by atoms with van der Waals surface area (Å²) < 4.78 is 1.31. The summed E-state index contributed by atoms with van der Waals surface area (Å²) in [6, 6.07) is 9.96. The van der Waals surface area contributed by atoms with Crippen LogP contribution >= 0.6 is 0 Å². The summed E-state index contributed by atoms with van der Waals surface area (Å²) in [5, 5.41) is 15.1. The van der Waals surface area contributed by atoms with Gasteiger partial charge in [0.1, 0.15) is 5.82 Å². The van der Waals surface area contributed by atoms with E-state index >= 15 is 0 Å². The van der Waals surface area contributed by atoms with Crippen LogP contribution in [0.1, 0.15) is 20.8 Å². The van der Waals surface area contributed by atoms with Gasteiger partial charge in [-0.15, -0.1) is 0 Å². The molecule has 2 N–H and O–H groups in total. The van der Waals surface area contributed by atoms with Gasteiger partial charge >= 0.3 is 5.97 Å². The maximum atomic E-state index is 11.8. The fourth-order valence-corrected chi connectivity index (χ4v) is 1.47. The minimum Gasteiger partial charge on any atom is -0.476 e. The number of nitrogens with one attached hydrogen (secondary N) is 1. The Hall–Kier alpha value is -2.63. The molecule has 1 aromatic heterocycles. The van der Waals surface area contributed by atoms with E-state index in [1.165, 1.54) is 10.7 Å². The number of carboxylic acids is 1. The summed E-state index contributed by atoms with van der Waals surface area (Å²) in [4.78, 5) is 22.6. The molecule has 0 saturated carbocycles. The van der Waals surface area contributed by atoms with Gasteiger partial charge in [-0.25, -0.2) is 4.79 Å². The number of carboxylic acid groups (broad SMARTS) is 1. The molecule has 0 bridgehead atoms. The number of aromatic nitrogens is 2. The molecule has 2 rings (SSSR count). The Morgan fingerprint density at radius 2 is 1.94 bits per heavy atom. The highest BCUT2D eigenvalue weighted by Crippen LogP contribution is 2.11. The average Bonchev–Trinajstić information content (AvgIpc) is 2.72. The van der Waals surface area contributed by atoms with Gasteiger partial charge in [-0.05, 0) is 12.1 Å². The van der Waals surface area contributed by atoms with Crippen molar-refractivity contribution in [2.45, 2.75) is 0 Å². The zero-order valence-electron chi connectivity index (χ0n) is 9.62. The van der Waals surface area contributed by atoms with Crippen LogP contribution in [0, 0.1) is 0 Å². The van der Waals surface area contributed by atoms with Crippen molar-refractivity contribution in [3.8, 4) is 0 Å². The number of carbonyl (C=O) groups excluding carboxylic acids is 1. The number of amides is 1. The Morgan fingerprint density at radius 1 is 1.28 bits per heavy atom. The molecule has 0 spiro atoms. The molecule has 0 fully saturated rings. The number of benzene rings is 1. The zero-order valence-corrected chi connectivity index (χ0v) is 9.62. The minimum atomic E-state index is -1.13. The zero-order chi connectivity index (χ0) is 13.1. The van der Waals surface area contributed by atoms with Crippen LogP contribution in [0.5, 0.6) is 0 Å². The van der Waals surface area contributed by atoms with Crippen molar-refractivity contribution in [3.63, 3.8) is 0 Å². The minimum absolute atomic E-state index is 0.110. The molecule has 0 aliphatic rings. The van der Waals surface area contributed by atoms with E-state index in [2.05, 4.69) is 10.4 Å². The molecule has 1 heterocycles. The third-order valence-corrected chi connectivity index (χ3v) is 2.38. The highest BCUT2D eigenvalue weighted by molar-refractivity contribution is 6.04. The van der Waals surface area contributed by atoms with Crippen LogP contribution in [0.15, 0.2) is 36.4 Å². The third kappa shape index (κ3) is 2.37. The first kappa shape index (κ1) is 11.8. The van der Waals surface area contributed by atoms with Gasteiger partial charge in [0, 0.05) is 18.7 Å². The third-order valence-electron chi connectivity index (χ3n) is 2.38. The second-order valence-electron chi connectivity index (χ2n) is 3.66. The number of nitrogens with zero attached hydrogens (tertiary/aromatic N) is 2. The van der Waals surface area contributed by atoms with E-state index in [0.717, 1.165) is 0 Å². The van der Waals surface area contributed by atoms with Crippen LogP contribution in [0.2, 0.25) is 0 Å². The maximum Gasteiger partial charge on any atom is 0.356 e. The number of hydrogen-bond donors (Lipinski definition) is 2. The molecule has 0 atom stereocenters. The number of aromatic carboxylic acids is 1. The molecular formula is C12H11N3O3. The molecule has 0 aliphatic carbocycles. The molecular weight excluding hydrogens is 234 g/mol. The SMILES string of the molecule is Cn1nc(C(=O)O)cc1NC(=O)c1ccccc1. The largest absolute Gasteiger partial charge is 0.476 e. The van der Waals surface area contributed by atoms with E-state index in [0.29, 0.717) is 11.4 Å². The van der Waals surface area contributed by atoms with Gasteiger partial charge in [-0.1, -0.05) is 18.2 Å². The van der Waals surface area contributed by atoms with Crippen LogP contribution in [0.25, 0.3) is 0 Å². The topological polar surface area (TPSA) is 84.2 Å². The van der Waals surface area contributed by atoms with E-state index < -0.39 is 5.97 Å². The van der Waals surface area contributed by atoms with Gasteiger partial charge in [0.2, 0.25) is 0 Å². The lowest BCUT2D eigenvalue weighted by Crippen LogP contribution is -2.14. The average molecular weight is 245 g/mol. The van der Waals surface area contributed by atoms with Crippen molar-refractivity contribution < 1.29 is 14.7 Å². The van der Waals surface area contributed by atoms with Gasteiger partial charge in [-0.2, -0.15) is 5.10 Å². The quantitative estimate of drug-likeness (QED) is 0.855. The first-order chi connectivity index (χ1) is 8.58. The molecule has 1 aromatic carbocycles. The second-order valence-corrected chi connectivity index (χ2v) is 3.66. The number of rotatable bonds is 3. The van der Waals surface area contributed by atoms with E-state index in [4.69, 9.17) is 5.11 Å². The summed E-state index contributed by atoms with van der Waals surface area (Å²) in [5.74, 6) is -1.11. The molecule has 0 aliphatic heterocycles. The highest BCUT2D eigenvalue weighted by atomic mass is 16.4. The smallest absolute Gasteiger partial charge is 0.356 e. The van der Waals surface area contributed by atoms with E-state index in [1.807, 2.05) is 6.07 Å². The van der Waals surface area contributed by atoms with E-state index in [-0.39, 0.29) is 11.6 Å². The van der Waals surface area contributed by atoms with Crippen LogP contribution in [0.3, 0.4) is 0 Å². The molecule has 2 aromatic rings. The number of aryl methyl sites for hydroxylation is 1. The molecule has 6 nitrogen and oxygen atoms in total. The fraction of sp³-hybridized carbons (Fsp3) is 0.0833. The van der Waals surface area contributed by atoms with Crippen molar-refractivity contribution in [3.05, 3.63) is 47.7 Å². The Bertz CT molecular complexity index is 590. The lowest BCUT2D eigenvalue weighted by atomic mass is 10.2. The predicted molar refractivity (Wildman–Crippen MR) is 64.6 cm³/mol. The summed E-state index contributed by atoms with van der Waals surface area (Å²) in [7, 11) is 1.56. The summed E-state index contributed by atoms with van der Waals surface area (Å²) in [5.41, 5.74) is 0.386. The Balaban J connectivity index is 2.20. The molecule has 18 heavy (non-hydrogen) atoms.